The van der Waals surface area contributed by atoms with Gasteiger partial charge in [-0.1, -0.05) is 23.4 Å². The molecule has 2 N–H and O–H groups in total. The van der Waals surface area contributed by atoms with E-state index >= 15 is 0 Å². The number of benzene rings is 2. The van der Waals surface area contributed by atoms with Crippen molar-refractivity contribution in [2.24, 2.45) is 0 Å². The number of hydrogen-bond acceptors (Lipinski definition) is 3. The Morgan fingerprint density at radius 3 is 2.57 bits per heavy atom. The summed E-state index contributed by atoms with van der Waals surface area (Å²) in [6.45, 7) is 1.82. The van der Waals surface area contributed by atoms with E-state index in [2.05, 4.69) is 5.16 Å². The molecule has 1 heterocycles. The lowest BCUT2D eigenvalue weighted by Crippen LogP contribution is -1.91. The van der Waals surface area contributed by atoms with Crippen molar-refractivity contribution < 1.29 is 13.3 Å². The van der Waals surface area contributed by atoms with E-state index in [4.69, 9.17) is 10.3 Å². The lowest BCUT2D eigenvalue weighted by atomic mass is 9.98. The Labute approximate surface area is 120 Å². The molecule has 0 amide bonds. The average molecular weight is 286 g/mol. The van der Waals surface area contributed by atoms with Gasteiger partial charge in [0.1, 0.15) is 11.6 Å². The minimum absolute atomic E-state index is 0.138. The maximum atomic E-state index is 13.5. The Kier molecular flexibility index (Phi) is 3.17. The Balaban J connectivity index is 2.24. The van der Waals surface area contributed by atoms with Crippen LogP contribution in [-0.2, 0) is 0 Å². The van der Waals surface area contributed by atoms with Gasteiger partial charge in [-0.3, -0.25) is 0 Å². The first-order chi connectivity index (χ1) is 10.1. The normalized spacial score (nSPS) is 10.8. The first-order valence-corrected chi connectivity index (χ1v) is 6.34. The van der Waals surface area contributed by atoms with Crippen molar-refractivity contribution in [3.05, 3.63) is 59.7 Å². The van der Waals surface area contributed by atoms with Crippen LogP contribution in [0.25, 0.3) is 22.5 Å². The number of rotatable bonds is 2. The summed E-state index contributed by atoms with van der Waals surface area (Å²) in [6, 6.07) is 10.3. The van der Waals surface area contributed by atoms with Crippen molar-refractivity contribution in [3.63, 3.8) is 0 Å². The highest BCUT2D eigenvalue weighted by atomic mass is 19.1. The van der Waals surface area contributed by atoms with Crippen LogP contribution in [0, 0.1) is 18.6 Å². The number of aromatic nitrogens is 1. The second kappa shape index (κ2) is 5.01. The zero-order chi connectivity index (χ0) is 15.0. The molecule has 1 aromatic heterocycles. The zero-order valence-corrected chi connectivity index (χ0v) is 11.2. The van der Waals surface area contributed by atoms with Crippen LogP contribution in [0.2, 0.25) is 0 Å². The zero-order valence-electron chi connectivity index (χ0n) is 11.2. The standard InChI is InChI=1S/C16H12F2N2O/c1-9-5-6-12(18)8-13(9)15-14(16(19)20-21-15)10-3-2-4-11(17)7-10/h2-8H,1H3,(H2,19,20). The lowest BCUT2D eigenvalue weighted by Gasteiger charge is -2.06. The van der Waals surface area contributed by atoms with Crippen LogP contribution in [0.15, 0.2) is 47.0 Å². The van der Waals surface area contributed by atoms with Gasteiger partial charge < -0.3 is 10.3 Å². The largest absolute Gasteiger partial charge is 0.380 e. The first-order valence-electron chi connectivity index (χ1n) is 6.34. The molecule has 0 bridgehead atoms. The van der Waals surface area contributed by atoms with Crippen molar-refractivity contribution >= 4 is 5.82 Å². The van der Waals surface area contributed by atoms with Gasteiger partial charge in [-0.2, -0.15) is 0 Å². The van der Waals surface area contributed by atoms with Crippen molar-refractivity contribution in [1.82, 2.24) is 5.16 Å². The van der Waals surface area contributed by atoms with Crippen molar-refractivity contribution in [2.75, 3.05) is 5.73 Å². The van der Waals surface area contributed by atoms with Gasteiger partial charge in [-0.15, -0.1) is 0 Å². The topological polar surface area (TPSA) is 52.0 Å². The number of halogens is 2. The van der Waals surface area contributed by atoms with Crippen LogP contribution >= 0.6 is 0 Å². The molecule has 0 aliphatic carbocycles. The number of hydrogen-bond donors (Lipinski definition) is 1. The van der Waals surface area contributed by atoms with Crippen molar-refractivity contribution in [1.29, 1.82) is 0 Å². The van der Waals surface area contributed by atoms with Gasteiger partial charge in [0.25, 0.3) is 0 Å². The molecule has 2 aromatic carbocycles. The second-order valence-electron chi connectivity index (χ2n) is 4.74. The highest BCUT2D eigenvalue weighted by Gasteiger charge is 2.19. The van der Waals surface area contributed by atoms with Gasteiger partial charge in [0, 0.05) is 5.56 Å². The van der Waals surface area contributed by atoms with Crippen LogP contribution in [0.1, 0.15) is 5.56 Å². The summed E-state index contributed by atoms with van der Waals surface area (Å²) >= 11 is 0. The highest BCUT2D eigenvalue weighted by Crippen LogP contribution is 2.38. The van der Waals surface area contributed by atoms with Gasteiger partial charge in [-0.05, 0) is 42.3 Å². The Morgan fingerprint density at radius 1 is 1.05 bits per heavy atom. The number of nitrogens with two attached hydrogens (primary N) is 1. The molecule has 0 spiro atoms. The van der Waals surface area contributed by atoms with Gasteiger partial charge in [0.15, 0.2) is 11.6 Å². The molecule has 0 radical (unpaired) electrons. The molecule has 3 nitrogen and oxygen atoms in total. The van der Waals surface area contributed by atoms with Crippen LogP contribution in [0.4, 0.5) is 14.6 Å². The van der Waals surface area contributed by atoms with E-state index in [1.807, 2.05) is 6.92 Å². The third-order valence-corrected chi connectivity index (χ3v) is 3.28. The summed E-state index contributed by atoms with van der Waals surface area (Å²) in [4.78, 5) is 0. The number of aryl methyl sites for hydroxylation is 1. The molecule has 3 aromatic rings. The van der Waals surface area contributed by atoms with Gasteiger partial charge in [-0.25, -0.2) is 8.78 Å². The number of anilines is 1. The van der Waals surface area contributed by atoms with E-state index in [1.54, 1.807) is 18.2 Å². The monoisotopic (exact) mass is 286 g/mol. The summed E-state index contributed by atoms with van der Waals surface area (Å²) in [5, 5.41) is 3.73. The molecule has 0 aliphatic rings. The maximum Gasteiger partial charge on any atom is 0.177 e. The fourth-order valence-corrected chi connectivity index (χ4v) is 2.25. The Hall–Kier alpha value is -2.69. The van der Waals surface area contributed by atoms with E-state index < -0.39 is 11.6 Å². The van der Waals surface area contributed by atoms with Gasteiger partial charge in [0.2, 0.25) is 0 Å². The Morgan fingerprint density at radius 2 is 1.81 bits per heavy atom. The van der Waals surface area contributed by atoms with E-state index in [0.717, 1.165) is 5.56 Å². The molecule has 21 heavy (non-hydrogen) atoms. The first kappa shape index (κ1) is 13.3. The summed E-state index contributed by atoms with van der Waals surface area (Å²) < 4.78 is 32.1. The van der Waals surface area contributed by atoms with Gasteiger partial charge >= 0.3 is 0 Å². The highest BCUT2D eigenvalue weighted by molar-refractivity contribution is 5.87. The fourth-order valence-electron chi connectivity index (χ4n) is 2.25. The van der Waals surface area contributed by atoms with E-state index in [9.17, 15) is 8.78 Å². The molecule has 0 fully saturated rings. The van der Waals surface area contributed by atoms with Crippen LogP contribution in [-0.4, -0.2) is 5.16 Å². The average Bonchev–Trinajstić information content (AvgIpc) is 2.83. The predicted octanol–water partition coefficient (Wildman–Crippen LogP) is 4.18. The fraction of sp³-hybridized carbons (Fsp3) is 0.0625. The van der Waals surface area contributed by atoms with Crippen LogP contribution < -0.4 is 5.73 Å². The second-order valence-corrected chi connectivity index (χ2v) is 4.74. The molecular weight excluding hydrogens is 274 g/mol. The maximum absolute atomic E-state index is 13.5. The summed E-state index contributed by atoms with van der Waals surface area (Å²) in [7, 11) is 0. The lowest BCUT2D eigenvalue weighted by molar-refractivity contribution is 0.435. The molecule has 0 saturated carbocycles. The third kappa shape index (κ3) is 2.38. The molecular formula is C16H12F2N2O. The number of nitrogen functional groups attached to an aromatic ring is 1. The Bertz CT molecular complexity index is 812. The van der Waals surface area contributed by atoms with Crippen LogP contribution in [0.5, 0.6) is 0 Å². The predicted molar refractivity (Wildman–Crippen MR) is 76.4 cm³/mol. The van der Waals surface area contributed by atoms with E-state index in [-0.39, 0.29) is 5.82 Å². The van der Waals surface area contributed by atoms with Crippen molar-refractivity contribution in [3.8, 4) is 22.5 Å². The molecule has 0 atom stereocenters. The van der Waals surface area contributed by atoms with Crippen LogP contribution in [0.3, 0.4) is 0 Å². The SMILES string of the molecule is Cc1ccc(F)cc1-c1onc(N)c1-c1cccc(F)c1. The molecule has 106 valence electrons. The van der Waals surface area contributed by atoms with E-state index in [1.165, 1.54) is 24.3 Å². The minimum Gasteiger partial charge on any atom is -0.380 e. The number of nitrogens with zero attached hydrogens (tertiary/aromatic N) is 1. The molecule has 5 heteroatoms. The molecule has 0 unspecified atom stereocenters. The van der Waals surface area contributed by atoms with E-state index in [0.29, 0.717) is 22.5 Å². The minimum atomic E-state index is -0.394. The molecule has 0 aliphatic heterocycles. The summed E-state index contributed by atoms with van der Waals surface area (Å²) in [5.74, 6) is -0.319. The smallest absolute Gasteiger partial charge is 0.177 e. The summed E-state index contributed by atoms with van der Waals surface area (Å²) in [5.41, 5.74) is 8.17. The molecule has 3 rings (SSSR count). The molecule has 0 saturated heterocycles. The quantitative estimate of drug-likeness (QED) is 0.769. The van der Waals surface area contributed by atoms with Crippen molar-refractivity contribution in [2.45, 2.75) is 6.92 Å². The summed E-state index contributed by atoms with van der Waals surface area (Å²) in [6.07, 6.45) is 0. The van der Waals surface area contributed by atoms with Gasteiger partial charge in [0.05, 0.1) is 5.56 Å². The third-order valence-electron chi connectivity index (χ3n) is 3.28.